The molecule has 0 radical (unpaired) electrons. The van der Waals surface area contributed by atoms with E-state index in [9.17, 15) is 10.1 Å². The van der Waals surface area contributed by atoms with Crippen molar-refractivity contribution in [2.24, 2.45) is 28.2 Å². The van der Waals surface area contributed by atoms with Gasteiger partial charge in [-0.3, -0.25) is 15.1 Å². The van der Waals surface area contributed by atoms with Crippen LogP contribution in [0.3, 0.4) is 0 Å². The Morgan fingerprint density at radius 2 is 1.65 bits per heavy atom. The van der Waals surface area contributed by atoms with E-state index in [-0.39, 0.29) is 10.6 Å². The number of aliphatic imine (C=N–C) groups is 1. The lowest BCUT2D eigenvalue weighted by molar-refractivity contribution is -0.384. The lowest BCUT2D eigenvalue weighted by atomic mass is 9.48. The van der Waals surface area contributed by atoms with Crippen LogP contribution in [0.2, 0.25) is 0 Å². The first-order valence-corrected chi connectivity index (χ1v) is 8.82. The standard InChI is InChI=1S/C19H24N2O2/c1-13(20-12-14-2-4-18(5-3-14)21(22)23)19-9-15-6-16(10-19)8-17(7-15)11-19/h2-5,12-13,15-17H,6-11H2,1H3. The summed E-state index contributed by atoms with van der Waals surface area (Å²) in [5.41, 5.74) is 1.51. The molecule has 4 aliphatic carbocycles. The van der Waals surface area contributed by atoms with Gasteiger partial charge in [-0.05, 0) is 86.3 Å². The average molecular weight is 312 g/mol. The van der Waals surface area contributed by atoms with E-state index >= 15 is 0 Å². The Labute approximate surface area is 137 Å². The lowest BCUT2D eigenvalue weighted by Crippen LogP contribution is -2.50. The second-order valence-electron chi connectivity index (χ2n) is 8.08. The smallest absolute Gasteiger partial charge is 0.269 e. The van der Waals surface area contributed by atoms with Gasteiger partial charge in [0, 0.05) is 18.3 Å². The molecule has 5 rings (SSSR count). The van der Waals surface area contributed by atoms with Crippen molar-refractivity contribution >= 4 is 11.9 Å². The number of nitro groups is 1. The molecule has 1 aromatic rings. The number of nitrogens with zero attached hydrogens (tertiary/aromatic N) is 2. The van der Waals surface area contributed by atoms with E-state index in [1.807, 2.05) is 6.21 Å². The fraction of sp³-hybridized carbons (Fsp3) is 0.632. The minimum absolute atomic E-state index is 0.135. The fourth-order valence-electron chi connectivity index (χ4n) is 5.73. The first-order chi connectivity index (χ1) is 11.0. The molecule has 4 nitrogen and oxygen atoms in total. The van der Waals surface area contributed by atoms with E-state index in [0.717, 1.165) is 23.3 Å². The quantitative estimate of drug-likeness (QED) is 0.463. The molecule has 4 bridgehead atoms. The van der Waals surface area contributed by atoms with Crippen LogP contribution in [0.25, 0.3) is 0 Å². The van der Waals surface area contributed by atoms with Crippen molar-refractivity contribution in [3.05, 3.63) is 39.9 Å². The van der Waals surface area contributed by atoms with Crippen molar-refractivity contribution in [3.8, 4) is 0 Å². The van der Waals surface area contributed by atoms with Crippen molar-refractivity contribution in [3.63, 3.8) is 0 Å². The predicted octanol–water partition coefficient (Wildman–Crippen LogP) is 4.62. The Bertz CT molecular complexity index is 600. The molecule has 4 heteroatoms. The lowest BCUT2D eigenvalue weighted by Gasteiger charge is -2.58. The third-order valence-electron chi connectivity index (χ3n) is 6.52. The minimum Gasteiger partial charge on any atom is -0.289 e. The Morgan fingerprint density at radius 1 is 1.13 bits per heavy atom. The first-order valence-electron chi connectivity index (χ1n) is 8.82. The molecule has 4 saturated carbocycles. The number of hydrogen-bond acceptors (Lipinski definition) is 3. The van der Waals surface area contributed by atoms with Crippen LogP contribution in [-0.4, -0.2) is 17.2 Å². The molecular formula is C19H24N2O2. The highest BCUT2D eigenvalue weighted by Crippen LogP contribution is 2.61. The zero-order valence-corrected chi connectivity index (χ0v) is 13.6. The molecule has 23 heavy (non-hydrogen) atoms. The molecule has 0 amide bonds. The van der Waals surface area contributed by atoms with Gasteiger partial charge in [-0.2, -0.15) is 0 Å². The summed E-state index contributed by atoms with van der Waals surface area (Å²) >= 11 is 0. The summed E-state index contributed by atoms with van der Waals surface area (Å²) in [6.07, 6.45) is 10.4. The molecule has 0 heterocycles. The molecule has 0 aliphatic heterocycles. The van der Waals surface area contributed by atoms with Gasteiger partial charge in [0.25, 0.3) is 5.69 Å². The highest BCUT2D eigenvalue weighted by Gasteiger charge is 2.53. The number of non-ortho nitro benzene ring substituents is 1. The molecule has 1 aromatic carbocycles. The van der Waals surface area contributed by atoms with Gasteiger partial charge in [0.15, 0.2) is 0 Å². The van der Waals surface area contributed by atoms with Gasteiger partial charge in [-0.1, -0.05) is 0 Å². The maximum atomic E-state index is 10.7. The molecule has 0 spiro atoms. The second kappa shape index (κ2) is 5.43. The van der Waals surface area contributed by atoms with Crippen molar-refractivity contribution in [1.82, 2.24) is 0 Å². The van der Waals surface area contributed by atoms with E-state index in [4.69, 9.17) is 4.99 Å². The van der Waals surface area contributed by atoms with Crippen LogP contribution >= 0.6 is 0 Å². The summed E-state index contributed by atoms with van der Waals surface area (Å²) in [5, 5.41) is 10.7. The summed E-state index contributed by atoms with van der Waals surface area (Å²) in [6, 6.07) is 7.03. The van der Waals surface area contributed by atoms with Gasteiger partial charge in [-0.15, -0.1) is 0 Å². The summed E-state index contributed by atoms with van der Waals surface area (Å²) in [6.45, 7) is 2.27. The van der Waals surface area contributed by atoms with Gasteiger partial charge in [-0.25, -0.2) is 0 Å². The maximum absolute atomic E-state index is 10.7. The molecule has 4 aliphatic rings. The monoisotopic (exact) mass is 312 g/mol. The first kappa shape index (κ1) is 14.9. The van der Waals surface area contributed by atoms with Crippen molar-refractivity contribution in [2.75, 3.05) is 0 Å². The molecule has 1 atom stereocenters. The normalized spacial score (nSPS) is 36.5. The summed E-state index contributed by atoms with van der Waals surface area (Å²) in [7, 11) is 0. The van der Waals surface area contributed by atoms with Crippen molar-refractivity contribution in [1.29, 1.82) is 0 Å². The second-order valence-corrected chi connectivity index (χ2v) is 8.08. The topological polar surface area (TPSA) is 55.5 Å². The Morgan fingerprint density at radius 3 is 2.13 bits per heavy atom. The number of rotatable bonds is 4. The third-order valence-corrected chi connectivity index (χ3v) is 6.52. The predicted molar refractivity (Wildman–Crippen MR) is 90.8 cm³/mol. The molecule has 0 aromatic heterocycles. The van der Waals surface area contributed by atoms with Gasteiger partial charge in [0.1, 0.15) is 0 Å². The van der Waals surface area contributed by atoms with Crippen LogP contribution in [0.15, 0.2) is 29.3 Å². The van der Waals surface area contributed by atoms with Crippen molar-refractivity contribution < 1.29 is 4.92 Å². The van der Waals surface area contributed by atoms with E-state index in [1.165, 1.54) is 38.5 Å². The molecule has 1 unspecified atom stereocenters. The molecule has 0 saturated heterocycles. The van der Waals surface area contributed by atoms with E-state index in [1.54, 1.807) is 24.3 Å². The Balaban J connectivity index is 1.49. The van der Waals surface area contributed by atoms with Crippen LogP contribution in [0, 0.1) is 33.3 Å². The van der Waals surface area contributed by atoms with Gasteiger partial charge in [0.05, 0.1) is 11.0 Å². The molecular weight excluding hydrogens is 288 g/mol. The summed E-state index contributed by atoms with van der Waals surface area (Å²) in [4.78, 5) is 15.2. The highest BCUT2D eigenvalue weighted by molar-refractivity contribution is 5.80. The minimum atomic E-state index is -0.362. The van der Waals surface area contributed by atoms with Crippen LogP contribution in [0.4, 0.5) is 5.69 Å². The Hall–Kier alpha value is -1.71. The number of hydrogen-bond donors (Lipinski definition) is 0. The van der Waals surface area contributed by atoms with E-state index in [0.29, 0.717) is 11.5 Å². The largest absolute Gasteiger partial charge is 0.289 e. The van der Waals surface area contributed by atoms with Crippen LogP contribution < -0.4 is 0 Å². The summed E-state index contributed by atoms with van der Waals surface area (Å²) in [5.74, 6) is 2.83. The maximum Gasteiger partial charge on any atom is 0.269 e. The van der Waals surface area contributed by atoms with E-state index < -0.39 is 0 Å². The van der Waals surface area contributed by atoms with Gasteiger partial charge < -0.3 is 0 Å². The van der Waals surface area contributed by atoms with Crippen LogP contribution in [0.1, 0.15) is 51.0 Å². The third kappa shape index (κ3) is 2.68. The van der Waals surface area contributed by atoms with E-state index in [2.05, 4.69) is 6.92 Å². The Kier molecular flexibility index (Phi) is 3.51. The number of benzene rings is 1. The molecule has 122 valence electrons. The molecule has 4 fully saturated rings. The number of nitro benzene ring substituents is 1. The molecule has 0 N–H and O–H groups in total. The zero-order chi connectivity index (χ0) is 16.0. The average Bonchev–Trinajstić information content (AvgIpc) is 2.51. The van der Waals surface area contributed by atoms with Crippen molar-refractivity contribution in [2.45, 2.75) is 51.5 Å². The highest BCUT2D eigenvalue weighted by atomic mass is 16.6. The summed E-state index contributed by atoms with van der Waals surface area (Å²) < 4.78 is 0. The SMILES string of the molecule is CC(N=Cc1ccc([N+](=O)[O-])cc1)C12CC3CC(CC(C3)C1)C2. The van der Waals surface area contributed by atoms with Gasteiger partial charge >= 0.3 is 0 Å². The van der Waals surface area contributed by atoms with Crippen LogP contribution in [-0.2, 0) is 0 Å². The zero-order valence-electron chi connectivity index (χ0n) is 13.6. The van der Waals surface area contributed by atoms with Crippen LogP contribution in [0.5, 0.6) is 0 Å². The fourth-order valence-corrected chi connectivity index (χ4v) is 5.73. The van der Waals surface area contributed by atoms with Gasteiger partial charge in [0.2, 0.25) is 0 Å².